The Morgan fingerprint density at radius 2 is 1.80 bits per heavy atom. The second kappa shape index (κ2) is 9.13. The lowest BCUT2D eigenvalue weighted by molar-refractivity contribution is 0.102. The van der Waals surface area contributed by atoms with Crippen molar-refractivity contribution in [1.82, 2.24) is 4.98 Å². The first-order valence-electron chi connectivity index (χ1n) is 9.60. The first-order chi connectivity index (χ1) is 14.4. The number of rotatable bonds is 7. The summed E-state index contributed by atoms with van der Waals surface area (Å²) in [4.78, 5) is 17.6. The summed E-state index contributed by atoms with van der Waals surface area (Å²) >= 11 is 1.51. The standard InChI is InChI=1S/C22H26N4O3S/c1-7-13(3)25-26-22-23-18-8-12(2)19(14(4)20(18)30-22)24-21(27)15-9-16(28-5)11-17(10-15)29-6/h8-11H,7H2,1-6H3,(H,23,26)(H,24,27)/b25-13+. The molecule has 1 heterocycles. The summed E-state index contributed by atoms with van der Waals surface area (Å²) < 4.78 is 11.5. The Balaban J connectivity index is 1.93. The third-order valence-electron chi connectivity index (χ3n) is 4.82. The molecule has 0 bridgehead atoms. The van der Waals surface area contributed by atoms with E-state index in [1.54, 1.807) is 32.4 Å². The van der Waals surface area contributed by atoms with Crippen LogP contribution in [0, 0.1) is 13.8 Å². The first kappa shape index (κ1) is 21.6. The number of fused-ring (bicyclic) bond motifs is 1. The molecule has 30 heavy (non-hydrogen) atoms. The molecule has 0 unspecified atom stereocenters. The summed E-state index contributed by atoms with van der Waals surface area (Å²) in [5.41, 5.74) is 8.05. The molecule has 0 saturated carbocycles. The minimum Gasteiger partial charge on any atom is -0.497 e. The fraction of sp³-hybridized carbons (Fsp3) is 0.318. The van der Waals surface area contributed by atoms with Crippen LogP contribution in [0.25, 0.3) is 10.2 Å². The van der Waals surface area contributed by atoms with Crippen molar-refractivity contribution in [3.63, 3.8) is 0 Å². The molecule has 0 aliphatic carbocycles. The highest BCUT2D eigenvalue weighted by Crippen LogP contribution is 2.35. The number of benzene rings is 2. The molecule has 2 N–H and O–H groups in total. The lowest BCUT2D eigenvalue weighted by Gasteiger charge is -2.13. The molecule has 3 rings (SSSR count). The highest BCUT2D eigenvalue weighted by molar-refractivity contribution is 7.22. The highest BCUT2D eigenvalue weighted by atomic mass is 32.1. The smallest absolute Gasteiger partial charge is 0.255 e. The Morgan fingerprint density at radius 1 is 1.13 bits per heavy atom. The first-order valence-corrected chi connectivity index (χ1v) is 10.4. The summed E-state index contributed by atoms with van der Waals surface area (Å²) in [7, 11) is 3.11. The van der Waals surface area contributed by atoms with Crippen LogP contribution in [0.1, 0.15) is 41.8 Å². The SMILES string of the molecule is CC/C(C)=N/Nc1nc2cc(C)c(NC(=O)c3cc(OC)cc(OC)c3)c(C)c2s1. The number of carbonyl (C=O) groups excluding carboxylic acids is 1. The van der Waals surface area contributed by atoms with E-state index in [0.29, 0.717) is 17.1 Å². The molecule has 0 aliphatic heterocycles. The van der Waals surface area contributed by atoms with Crippen LogP contribution in [-0.4, -0.2) is 30.8 Å². The fourth-order valence-electron chi connectivity index (χ4n) is 2.97. The molecular weight excluding hydrogens is 400 g/mol. The van der Waals surface area contributed by atoms with E-state index in [2.05, 4.69) is 27.8 Å². The van der Waals surface area contributed by atoms with Crippen molar-refractivity contribution in [3.8, 4) is 11.5 Å². The average molecular weight is 427 g/mol. The maximum atomic E-state index is 12.9. The molecule has 2 aromatic carbocycles. The molecule has 1 amide bonds. The highest BCUT2D eigenvalue weighted by Gasteiger charge is 2.16. The normalized spacial score (nSPS) is 11.5. The zero-order valence-corrected chi connectivity index (χ0v) is 18.9. The van der Waals surface area contributed by atoms with Gasteiger partial charge in [0, 0.05) is 23.0 Å². The van der Waals surface area contributed by atoms with Crippen LogP contribution in [0.15, 0.2) is 29.4 Å². The number of aryl methyl sites for hydroxylation is 2. The molecule has 1 aromatic heterocycles. The zero-order valence-electron chi connectivity index (χ0n) is 18.0. The number of hydrogen-bond acceptors (Lipinski definition) is 7. The number of hydrogen-bond donors (Lipinski definition) is 2. The van der Waals surface area contributed by atoms with Crippen LogP contribution in [0.4, 0.5) is 10.8 Å². The van der Waals surface area contributed by atoms with Crippen LogP contribution < -0.4 is 20.2 Å². The number of anilines is 2. The van der Waals surface area contributed by atoms with E-state index in [4.69, 9.17) is 9.47 Å². The monoisotopic (exact) mass is 426 g/mol. The molecule has 8 heteroatoms. The minimum atomic E-state index is -0.233. The lowest BCUT2D eigenvalue weighted by atomic mass is 10.1. The number of carbonyl (C=O) groups is 1. The Morgan fingerprint density at radius 3 is 2.40 bits per heavy atom. The van der Waals surface area contributed by atoms with E-state index < -0.39 is 0 Å². The average Bonchev–Trinajstić information content (AvgIpc) is 3.17. The molecule has 0 aliphatic rings. The summed E-state index contributed by atoms with van der Waals surface area (Å²) in [6, 6.07) is 7.07. The van der Waals surface area contributed by atoms with Gasteiger partial charge >= 0.3 is 0 Å². The summed E-state index contributed by atoms with van der Waals surface area (Å²) in [6.45, 7) is 7.97. The summed E-state index contributed by atoms with van der Waals surface area (Å²) in [5, 5.41) is 8.09. The number of aromatic nitrogens is 1. The molecule has 7 nitrogen and oxygen atoms in total. The van der Waals surface area contributed by atoms with E-state index in [1.165, 1.54) is 11.3 Å². The summed E-state index contributed by atoms with van der Waals surface area (Å²) in [6.07, 6.45) is 0.876. The van der Waals surface area contributed by atoms with Gasteiger partial charge in [-0.2, -0.15) is 5.10 Å². The number of nitrogens with one attached hydrogen (secondary N) is 2. The fourth-order valence-corrected chi connectivity index (χ4v) is 3.86. The number of nitrogens with zero attached hydrogens (tertiary/aromatic N) is 2. The van der Waals surface area contributed by atoms with Crippen molar-refractivity contribution in [2.75, 3.05) is 25.0 Å². The van der Waals surface area contributed by atoms with Crippen LogP contribution in [-0.2, 0) is 0 Å². The third kappa shape index (κ3) is 4.54. The van der Waals surface area contributed by atoms with Crippen molar-refractivity contribution in [2.45, 2.75) is 34.1 Å². The van der Waals surface area contributed by atoms with Gasteiger partial charge in [0.25, 0.3) is 5.91 Å². The topological polar surface area (TPSA) is 84.8 Å². The molecule has 0 spiro atoms. The van der Waals surface area contributed by atoms with Gasteiger partial charge in [0.05, 0.1) is 24.4 Å². The van der Waals surface area contributed by atoms with Crippen LogP contribution in [0.2, 0.25) is 0 Å². The molecule has 0 radical (unpaired) electrons. The van der Waals surface area contributed by atoms with Crippen LogP contribution in [0.3, 0.4) is 0 Å². The third-order valence-corrected chi connectivity index (χ3v) is 5.92. The van der Waals surface area contributed by atoms with Crippen LogP contribution >= 0.6 is 11.3 Å². The Kier molecular flexibility index (Phi) is 6.56. The molecule has 0 fully saturated rings. The van der Waals surface area contributed by atoms with Crippen molar-refractivity contribution in [2.24, 2.45) is 5.10 Å². The molecule has 3 aromatic rings. The predicted molar refractivity (Wildman–Crippen MR) is 124 cm³/mol. The van der Waals surface area contributed by atoms with E-state index in [0.717, 1.165) is 44.3 Å². The Bertz CT molecular complexity index is 1100. The van der Waals surface area contributed by atoms with Gasteiger partial charge in [0.1, 0.15) is 11.5 Å². The number of amides is 1. The molecule has 0 atom stereocenters. The van der Waals surface area contributed by atoms with Crippen LogP contribution in [0.5, 0.6) is 11.5 Å². The van der Waals surface area contributed by atoms with Gasteiger partial charge in [0.2, 0.25) is 5.13 Å². The van der Waals surface area contributed by atoms with E-state index in [-0.39, 0.29) is 5.91 Å². The minimum absolute atomic E-state index is 0.233. The van der Waals surface area contributed by atoms with Gasteiger partial charge in [-0.15, -0.1) is 0 Å². The quantitative estimate of drug-likeness (QED) is 0.391. The Labute approximate surface area is 180 Å². The van der Waals surface area contributed by atoms with E-state index >= 15 is 0 Å². The van der Waals surface area contributed by atoms with Crippen molar-refractivity contribution in [1.29, 1.82) is 0 Å². The van der Waals surface area contributed by atoms with Crippen molar-refractivity contribution < 1.29 is 14.3 Å². The maximum absolute atomic E-state index is 12.9. The van der Waals surface area contributed by atoms with Gasteiger partial charge in [-0.05, 0) is 56.5 Å². The van der Waals surface area contributed by atoms with E-state index in [1.807, 2.05) is 26.8 Å². The van der Waals surface area contributed by atoms with Crippen molar-refractivity contribution in [3.05, 3.63) is 41.0 Å². The second-order valence-electron chi connectivity index (χ2n) is 6.93. The number of hydrazone groups is 1. The van der Waals surface area contributed by atoms with Gasteiger partial charge < -0.3 is 14.8 Å². The van der Waals surface area contributed by atoms with Gasteiger partial charge in [-0.25, -0.2) is 4.98 Å². The zero-order chi connectivity index (χ0) is 21.8. The Hall–Kier alpha value is -3.13. The van der Waals surface area contributed by atoms with Gasteiger partial charge in [-0.1, -0.05) is 18.3 Å². The second-order valence-corrected chi connectivity index (χ2v) is 7.93. The largest absolute Gasteiger partial charge is 0.497 e. The molecular formula is C22H26N4O3S. The maximum Gasteiger partial charge on any atom is 0.255 e. The lowest BCUT2D eigenvalue weighted by Crippen LogP contribution is -2.14. The van der Waals surface area contributed by atoms with Gasteiger partial charge in [-0.3, -0.25) is 10.2 Å². The number of methoxy groups -OCH3 is 2. The summed E-state index contributed by atoms with van der Waals surface area (Å²) in [5.74, 6) is 0.887. The molecule has 0 saturated heterocycles. The number of thiazole rings is 1. The van der Waals surface area contributed by atoms with Gasteiger partial charge in [0.15, 0.2) is 0 Å². The number of ether oxygens (including phenoxy) is 2. The predicted octanol–water partition coefficient (Wildman–Crippen LogP) is 5.38. The van der Waals surface area contributed by atoms with E-state index in [9.17, 15) is 4.79 Å². The molecule has 158 valence electrons. The van der Waals surface area contributed by atoms with Crippen molar-refractivity contribution >= 4 is 44.0 Å².